The van der Waals surface area contributed by atoms with Crippen molar-refractivity contribution >= 4 is 17.6 Å². The minimum atomic E-state index is -0.685. The van der Waals surface area contributed by atoms with E-state index >= 15 is 0 Å². The number of methoxy groups -OCH3 is 3. The van der Waals surface area contributed by atoms with Crippen molar-refractivity contribution in [3.63, 3.8) is 0 Å². The second kappa shape index (κ2) is 10.1. The van der Waals surface area contributed by atoms with Crippen molar-refractivity contribution in [2.45, 2.75) is 6.92 Å². The van der Waals surface area contributed by atoms with Crippen LogP contribution in [0.4, 0.5) is 5.69 Å². The number of ether oxygens (including phenoxy) is 5. The summed E-state index contributed by atoms with van der Waals surface area (Å²) in [5, 5.41) is 2.61. The summed E-state index contributed by atoms with van der Waals surface area (Å²) in [5.41, 5.74) is 1.40. The second-order valence-electron chi connectivity index (χ2n) is 5.72. The van der Waals surface area contributed by atoms with Gasteiger partial charge in [0, 0.05) is 6.07 Å². The molecule has 150 valence electrons. The summed E-state index contributed by atoms with van der Waals surface area (Å²) in [7, 11) is 4.50. The minimum Gasteiger partial charge on any atom is -0.497 e. The molecule has 0 aliphatic heterocycles. The van der Waals surface area contributed by atoms with Gasteiger partial charge >= 0.3 is 5.97 Å². The quantitative estimate of drug-likeness (QED) is 0.659. The maximum absolute atomic E-state index is 12.1. The Morgan fingerprint density at radius 1 is 0.857 bits per heavy atom. The first-order valence-corrected chi connectivity index (χ1v) is 8.41. The Morgan fingerprint density at radius 3 is 2.25 bits per heavy atom. The highest BCUT2D eigenvalue weighted by Crippen LogP contribution is 2.29. The molecule has 0 unspecified atom stereocenters. The van der Waals surface area contributed by atoms with Crippen molar-refractivity contribution in [3.8, 4) is 23.0 Å². The summed E-state index contributed by atoms with van der Waals surface area (Å²) in [4.78, 5) is 23.9. The van der Waals surface area contributed by atoms with Crippen molar-refractivity contribution in [1.82, 2.24) is 0 Å². The maximum atomic E-state index is 12.1. The molecule has 8 nitrogen and oxygen atoms in total. The third kappa shape index (κ3) is 5.80. The first-order chi connectivity index (χ1) is 13.5. The molecule has 0 saturated carbocycles. The summed E-state index contributed by atoms with van der Waals surface area (Å²) >= 11 is 0. The molecule has 0 aliphatic rings. The largest absolute Gasteiger partial charge is 0.497 e. The number of anilines is 1. The zero-order valence-corrected chi connectivity index (χ0v) is 16.2. The minimum absolute atomic E-state index is 0.352. The Hall–Kier alpha value is -3.42. The van der Waals surface area contributed by atoms with Gasteiger partial charge in [0.25, 0.3) is 5.91 Å². The second-order valence-corrected chi connectivity index (χ2v) is 5.72. The number of carbonyl (C=O) groups excluding carboxylic acids is 2. The van der Waals surface area contributed by atoms with E-state index in [9.17, 15) is 9.59 Å². The summed E-state index contributed by atoms with van der Waals surface area (Å²) < 4.78 is 25.8. The monoisotopic (exact) mass is 389 g/mol. The van der Waals surface area contributed by atoms with Gasteiger partial charge in [-0.2, -0.15) is 0 Å². The standard InChI is InChI=1S/C20H23NO7/c1-13-5-7-17(18(9-13)26-4)27-12-20(23)28-11-19(22)21-15-10-14(24-2)6-8-16(15)25-3/h5-10H,11-12H2,1-4H3,(H,21,22). The van der Waals surface area contributed by atoms with Gasteiger partial charge in [0.05, 0.1) is 27.0 Å². The van der Waals surface area contributed by atoms with E-state index < -0.39 is 18.5 Å². The lowest BCUT2D eigenvalue weighted by molar-refractivity contribution is -0.149. The molecule has 28 heavy (non-hydrogen) atoms. The fraction of sp³-hybridized carbons (Fsp3) is 0.300. The molecule has 0 saturated heterocycles. The van der Waals surface area contributed by atoms with Crippen LogP contribution in [0.5, 0.6) is 23.0 Å². The number of hydrogen-bond acceptors (Lipinski definition) is 7. The van der Waals surface area contributed by atoms with Crippen LogP contribution in [-0.2, 0) is 14.3 Å². The van der Waals surface area contributed by atoms with Gasteiger partial charge in [-0.25, -0.2) is 4.79 Å². The normalized spacial score (nSPS) is 10.0. The van der Waals surface area contributed by atoms with Gasteiger partial charge in [0.2, 0.25) is 0 Å². The van der Waals surface area contributed by atoms with Gasteiger partial charge in [-0.05, 0) is 36.8 Å². The van der Waals surface area contributed by atoms with E-state index in [1.165, 1.54) is 21.3 Å². The lowest BCUT2D eigenvalue weighted by Gasteiger charge is -2.12. The van der Waals surface area contributed by atoms with E-state index in [1.54, 1.807) is 30.3 Å². The van der Waals surface area contributed by atoms with Crippen LogP contribution in [0.3, 0.4) is 0 Å². The van der Waals surface area contributed by atoms with Gasteiger partial charge in [0.15, 0.2) is 24.7 Å². The molecule has 0 fully saturated rings. The fourth-order valence-electron chi connectivity index (χ4n) is 2.32. The SMILES string of the molecule is COc1ccc(OC)c(NC(=O)COC(=O)COc2ccc(C)cc2OC)c1. The summed E-state index contributed by atoms with van der Waals surface area (Å²) in [6.45, 7) is 1.10. The first-order valence-electron chi connectivity index (χ1n) is 8.41. The zero-order valence-electron chi connectivity index (χ0n) is 16.2. The fourth-order valence-corrected chi connectivity index (χ4v) is 2.32. The molecule has 1 amide bonds. The summed E-state index contributed by atoms with van der Waals surface area (Å²) in [5.74, 6) is 0.721. The predicted octanol–water partition coefficient (Wildman–Crippen LogP) is 2.58. The Kier molecular flexibility index (Phi) is 7.50. The summed E-state index contributed by atoms with van der Waals surface area (Å²) in [6, 6.07) is 10.3. The number of benzene rings is 2. The number of carbonyl (C=O) groups is 2. The highest BCUT2D eigenvalue weighted by atomic mass is 16.6. The third-order valence-corrected chi connectivity index (χ3v) is 3.71. The molecule has 0 aliphatic carbocycles. The van der Waals surface area contributed by atoms with Gasteiger partial charge in [-0.1, -0.05) is 6.07 Å². The van der Waals surface area contributed by atoms with E-state index in [1.807, 2.05) is 13.0 Å². The van der Waals surface area contributed by atoms with Crippen LogP contribution in [-0.4, -0.2) is 46.4 Å². The zero-order chi connectivity index (χ0) is 20.5. The Morgan fingerprint density at radius 2 is 1.57 bits per heavy atom. The molecule has 2 rings (SSSR count). The number of aryl methyl sites for hydroxylation is 1. The van der Waals surface area contributed by atoms with Crippen LogP contribution in [0, 0.1) is 6.92 Å². The lowest BCUT2D eigenvalue weighted by atomic mass is 10.2. The van der Waals surface area contributed by atoms with Crippen molar-refractivity contribution in [3.05, 3.63) is 42.0 Å². The maximum Gasteiger partial charge on any atom is 0.344 e. The van der Waals surface area contributed by atoms with Gasteiger partial charge in [-0.15, -0.1) is 0 Å². The van der Waals surface area contributed by atoms with Crippen molar-refractivity contribution < 1.29 is 33.3 Å². The molecule has 0 spiro atoms. The molecule has 0 atom stereocenters. The Balaban J connectivity index is 1.85. The lowest BCUT2D eigenvalue weighted by Crippen LogP contribution is -2.24. The van der Waals surface area contributed by atoms with Crippen LogP contribution in [0.2, 0.25) is 0 Å². The van der Waals surface area contributed by atoms with Crippen molar-refractivity contribution in [2.24, 2.45) is 0 Å². The molecular weight excluding hydrogens is 366 g/mol. The van der Waals surface area contributed by atoms with Crippen molar-refractivity contribution in [1.29, 1.82) is 0 Å². The molecule has 0 bridgehead atoms. The van der Waals surface area contributed by atoms with Crippen LogP contribution in [0.25, 0.3) is 0 Å². The molecular formula is C20H23NO7. The molecule has 0 aromatic heterocycles. The molecule has 1 N–H and O–H groups in total. The summed E-state index contributed by atoms with van der Waals surface area (Å²) in [6.07, 6.45) is 0. The van der Waals surface area contributed by atoms with E-state index in [4.69, 9.17) is 23.7 Å². The van der Waals surface area contributed by atoms with Crippen LogP contribution < -0.4 is 24.3 Å². The van der Waals surface area contributed by atoms with Crippen LogP contribution in [0.15, 0.2) is 36.4 Å². The number of nitrogens with one attached hydrogen (secondary N) is 1. The van der Waals surface area contributed by atoms with Crippen LogP contribution in [0.1, 0.15) is 5.56 Å². The number of rotatable bonds is 9. The number of esters is 1. The Bertz CT molecular complexity index is 835. The van der Waals surface area contributed by atoms with E-state index in [0.717, 1.165) is 5.56 Å². The van der Waals surface area contributed by atoms with E-state index in [-0.39, 0.29) is 6.61 Å². The van der Waals surface area contributed by atoms with Gasteiger partial charge in [-0.3, -0.25) is 4.79 Å². The third-order valence-electron chi connectivity index (χ3n) is 3.71. The highest BCUT2D eigenvalue weighted by molar-refractivity contribution is 5.94. The Labute approximate surface area is 163 Å². The predicted molar refractivity (Wildman–Crippen MR) is 102 cm³/mol. The number of amides is 1. The molecule has 2 aromatic rings. The number of hydrogen-bond donors (Lipinski definition) is 1. The van der Waals surface area contributed by atoms with E-state index in [0.29, 0.717) is 28.7 Å². The molecule has 8 heteroatoms. The van der Waals surface area contributed by atoms with Gasteiger partial charge in [0.1, 0.15) is 11.5 Å². The molecule has 2 aromatic carbocycles. The van der Waals surface area contributed by atoms with Crippen molar-refractivity contribution in [2.75, 3.05) is 39.9 Å². The van der Waals surface area contributed by atoms with Crippen LogP contribution >= 0.6 is 0 Å². The molecule has 0 radical (unpaired) electrons. The smallest absolute Gasteiger partial charge is 0.344 e. The topological polar surface area (TPSA) is 92.3 Å². The first kappa shape index (κ1) is 20.9. The van der Waals surface area contributed by atoms with Gasteiger partial charge < -0.3 is 29.0 Å². The highest BCUT2D eigenvalue weighted by Gasteiger charge is 2.13. The van der Waals surface area contributed by atoms with E-state index in [2.05, 4.69) is 5.32 Å². The molecule has 0 heterocycles. The average Bonchev–Trinajstić information content (AvgIpc) is 2.71. The average molecular weight is 389 g/mol.